The maximum Gasteiger partial charge on any atom is 0.203 e. The Bertz CT molecular complexity index is 874. The van der Waals surface area contributed by atoms with Gasteiger partial charge in [-0.25, -0.2) is 0 Å². The predicted molar refractivity (Wildman–Crippen MR) is 90.1 cm³/mol. The van der Waals surface area contributed by atoms with Crippen LogP contribution in [0.25, 0.3) is 0 Å². The van der Waals surface area contributed by atoms with Crippen LogP contribution < -0.4 is 18.9 Å². The largest absolute Gasteiger partial charge is 0.504 e. The lowest BCUT2D eigenvalue weighted by atomic mass is 9.88. The molecule has 0 amide bonds. The van der Waals surface area contributed by atoms with Gasteiger partial charge in [0.25, 0.3) is 0 Å². The van der Waals surface area contributed by atoms with Crippen molar-refractivity contribution in [3.05, 3.63) is 29.3 Å². The molecule has 1 atom stereocenters. The summed E-state index contributed by atoms with van der Waals surface area (Å²) in [5, 5.41) is 30.3. The number of Topliss-reactive ketones (excluding diaryl/α,β-unsaturated/α-hetero) is 1. The molecular weight excluding hydrogens is 344 g/mol. The summed E-state index contributed by atoms with van der Waals surface area (Å²) in [6.45, 7) is -0.0357. The van der Waals surface area contributed by atoms with Gasteiger partial charge in [0.2, 0.25) is 11.5 Å². The first-order chi connectivity index (χ1) is 12.4. The number of ketones is 1. The number of hydrogen-bond donors (Lipinski definition) is 3. The molecule has 0 saturated heterocycles. The van der Waals surface area contributed by atoms with Gasteiger partial charge < -0.3 is 34.3 Å². The third-order valence-electron chi connectivity index (χ3n) is 4.26. The zero-order valence-corrected chi connectivity index (χ0v) is 14.4. The summed E-state index contributed by atoms with van der Waals surface area (Å²) in [4.78, 5) is 13.0. The van der Waals surface area contributed by atoms with E-state index in [4.69, 9.17) is 18.9 Å². The Labute approximate surface area is 149 Å². The molecule has 3 rings (SSSR count). The first-order valence-electron chi connectivity index (χ1n) is 7.67. The second kappa shape index (κ2) is 6.55. The van der Waals surface area contributed by atoms with Gasteiger partial charge in [-0.1, -0.05) is 0 Å². The van der Waals surface area contributed by atoms with E-state index in [1.807, 2.05) is 0 Å². The van der Waals surface area contributed by atoms with E-state index in [0.717, 1.165) is 0 Å². The van der Waals surface area contributed by atoms with Crippen LogP contribution in [0.3, 0.4) is 0 Å². The minimum absolute atomic E-state index is 0.0357. The molecule has 0 fully saturated rings. The third-order valence-corrected chi connectivity index (χ3v) is 4.26. The van der Waals surface area contributed by atoms with Crippen molar-refractivity contribution >= 4 is 5.78 Å². The maximum atomic E-state index is 13.0. The summed E-state index contributed by atoms with van der Waals surface area (Å²) in [6.07, 6.45) is 0. The lowest BCUT2D eigenvalue weighted by Gasteiger charge is -2.26. The quantitative estimate of drug-likeness (QED) is 0.758. The van der Waals surface area contributed by atoms with Crippen molar-refractivity contribution in [1.82, 2.24) is 0 Å². The summed E-state index contributed by atoms with van der Waals surface area (Å²) < 4.78 is 20.7. The van der Waals surface area contributed by atoms with E-state index < -0.39 is 17.5 Å². The minimum atomic E-state index is -0.798. The Morgan fingerprint density at radius 3 is 2.23 bits per heavy atom. The van der Waals surface area contributed by atoms with Crippen LogP contribution in [-0.2, 0) is 0 Å². The number of ether oxygens (including phenoxy) is 4. The van der Waals surface area contributed by atoms with Crippen LogP contribution in [0.4, 0.5) is 0 Å². The number of benzene rings is 2. The molecule has 138 valence electrons. The summed E-state index contributed by atoms with van der Waals surface area (Å²) in [5.74, 6) is -2.00. The van der Waals surface area contributed by atoms with Gasteiger partial charge in [-0.3, -0.25) is 4.79 Å². The number of methoxy groups -OCH3 is 3. The summed E-state index contributed by atoms with van der Waals surface area (Å²) in [7, 11) is 4.06. The van der Waals surface area contributed by atoms with Gasteiger partial charge in [-0.2, -0.15) is 0 Å². The Morgan fingerprint density at radius 1 is 0.962 bits per heavy atom. The highest BCUT2D eigenvalue weighted by Crippen LogP contribution is 2.48. The lowest BCUT2D eigenvalue weighted by Crippen LogP contribution is -2.26. The van der Waals surface area contributed by atoms with Crippen molar-refractivity contribution in [2.75, 3.05) is 27.9 Å². The molecule has 0 bridgehead atoms. The van der Waals surface area contributed by atoms with Crippen LogP contribution in [0.2, 0.25) is 0 Å². The zero-order chi connectivity index (χ0) is 19.0. The van der Waals surface area contributed by atoms with Gasteiger partial charge in [-0.05, 0) is 17.7 Å². The smallest absolute Gasteiger partial charge is 0.203 e. The van der Waals surface area contributed by atoms with Gasteiger partial charge in [0.15, 0.2) is 28.8 Å². The predicted octanol–water partition coefficient (Wildman–Crippen LogP) is 2.19. The highest BCUT2D eigenvalue weighted by molar-refractivity contribution is 6.07. The van der Waals surface area contributed by atoms with E-state index >= 15 is 0 Å². The van der Waals surface area contributed by atoms with E-state index in [1.165, 1.54) is 33.5 Å². The Morgan fingerprint density at radius 2 is 1.62 bits per heavy atom. The molecule has 0 aromatic heterocycles. The molecule has 0 unspecified atom stereocenters. The Balaban J connectivity index is 2.09. The van der Waals surface area contributed by atoms with Crippen molar-refractivity contribution in [3.8, 4) is 40.2 Å². The molecule has 2 aromatic carbocycles. The van der Waals surface area contributed by atoms with Gasteiger partial charge in [0.05, 0.1) is 27.2 Å². The molecule has 0 spiro atoms. The lowest BCUT2D eigenvalue weighted by molar-refractivity contribution is 0.0890. The van der Waals surface area contributed by atoms with E-state index in [-0.39, 0.29) is 46.7 Å². The molecule has 8 nitrogen and oxygen atoms in total. The highest BCUT2D eigenvalue weighted by Gasteiger charge is 2.36. The number of carbonyl (C=O) groups excluding carboxylic acids is 1. The average Bonchev–Trinajstić information content (AvgIpc) is 2.61. The molecule has 0 radical (unpaired) electrons. The first-order valence-corrected chi connectivity index (χ1v) is 7.67. The summed E-state index contributed by atoms with van der Waals surface area (Å²) in [6, 6.07) is 4.16. The van der Waals surface area contributed by atoms with E-state index in [1.54, 1.807) is 6.07 Å². The number of carbonyl (C=O) groups is 1. The molecule has 1 heterocycles. The normalized spacial score (nSPS) is 15.8. The Kier molecular flexibility index (Phi) is 4.41. The first kappa shape index (κ1) is 17.5. The monoisotopic (exact) mass is 362 g/mol. The fourth-order valence-corrected chi connectivity index (χ4v) is 3.00. The minimum Gasteiger partial charge on any atom is -0.504 e. The van der Waals surface area contributed by atoms with Gasteiger partial charge in [-0.15, -0.1) is 0 Å². The van der Waals surface area contributed by atoms with Crippen LogP contribution in [0.5, 0.6) is 40.2 Å². The molecule has 0 aliphatic carbocycles. The number of aromatic hydroxyl groups is 3. The van der Waals surface area contributed by atoms with Gasteiger partial charge in [0, 0.05) is 6.07 Å². The SMILES string of the molecule is COc1cc([C@H]2COc3cc(O)c(OC)c(O)c3C2=O)cc(O)c1OC. The highest BCUT2D eigenvalue weighted by atomic mass is 16.5. The standard InChI is InChI=1S/C18H18O8/c1-23-13-5-8(4-10(19)17(13)24-2)9-7-26-12-6-11(20)18(25-3)16(22)14(12)15(9)21/h4-6,9,19-20,22H,7H2,1-3H3/t9-/m1/s1. The van der Waals surface area contributed by atoms with E-state index in [2.05, 4.69) is 0 Å². The topological polar surface area (TPSA) is 115 Å². The van der Waals surface area contributed by atoms with Crippen LogP contribution in [-0.4, -0.2) is 49.0 Å². The van der Waals surface area contributed by atoms with Gasteiger partial charge >= 0.3 is 0 Å². The van der Waals surface area contributed by atoms with Crippen molar-refractivity contribution in [2.24, 2.45) is 0 Å². The number of fused-ring (bicyclic) bond motifs is 1. The molecule has 0 saturated carbocycles. The van der Waals surface area contributed by atoms with Crippen molar-refractivity contribution in [1.29, 1.82) is 0 Å². The molecule has 3 N–H and O–H groups in total. The number of rotatable bonds is 4. The second-order valence-electron chi connectivity index (χ2n) is 5.65. The van der Waals surface area contributed by atoms with Crippen molar-refractivity contribution in [2.45, 2.75) is 5.92 Å². The summed E-state index contributed by atoms with van der Waals surface area (Å²) >= 11 is 0. The zero-order valence-electron chi connectivity index (χ0n) is 14.4. The van der Waals surface area contributed by atoms with Crippen LogP contribution in [0, 0.1) is 0 Å². The van der Waals surface area contributed by atoms with E-state index in [0.29, 0.717) is 5.56 Å². The molecule has 2 aromatic rings. The number of phenolic OH excluding ortho intramolecular Hbond substituents is 3. The summed E-state index contributed by atoms with van der Waals surface area (Å²) in [5.41, 5.74) is 0.340. The van der Waals surface area contributed by atoms with Crippen molar-refractivity contribution < 1.29 is 39.1 Å². The number of hydrogen-bond acceptors (Lipinski definition) is 8. The van der Waals surface area contributed by atoms with E-state index in [9.17, 15) is 20.1 Å². The fourth-order valence-electron chi connectivity index (χ4n) is 3.00. The number of phenols is 3. The molecule has 26 heavy (non-hydrogen) atoms. The molecule has 1 aliphatic rings. The van der Waals surface area contributed by atoms with Crippen LogP contribution in [0.1, 0.15) is 21.8 Å². The average molecular weight is 362 g/mol. The molecular formula is C18H18O8. The molecule has 8 heteroatoms. The second-order valence-corrected chi connectivity index (χ2v) is 5.65. The Hall–Kier alpha value is -3.29. The van der Waals surface area contributed by atoms with Crippen LogP contribution >= 0.6 is 0 Å². The third kappa shape index (κ3) is 2.59. The van der Waals surface area contributed by atoms with Crippen molar-refractivity contribution in [3.63, 3.8) is 0 Å². The maximum absolute atomic E-state index is 13.0. The fraction of sp³-hybridized carbons (Fsp3) is 0.278. The van der Waals surface area contributed by atoms with Gasteiger partial charge in [0.1, 0.15) is 17.9 Å². The van der Waals surface area contributed by atoms with Crippen LogP contribution in [0.15, 0.2) is 18.2 Å². The molecule has 1 aliphatic heterocycles.